The van der Waals surface area contributed by atoms with Gasteiger partial charge in [-0.05, 0) is 92.4 Å². The monoisotopic (exact) mass is 623 g/mol. The van der Waals surface area contributed by atoms with Crippen molar-refractivity contribution in [1.82, 2.24) is 20.2 Å². The molecule has 3 heterocycles. The third-order valence-corrected chi connectivity index (χ3v) is 7.99. The normalized spacial score (nSPS) is 13.7. The van der Waals surface area contributed by atoms with Gasteiger partial charge in [0.1, 0.15) is 34.8 Å². The van der Waals surface area contributed by atoms with Gasteiger partial charge in [-0.1, -0.05) is 19.1 Å². The van der Waals surface area contributed by atoms with Crippen LogP contribution in [0.4, 0.5) is 20.3 Å². The maximum absolute atomic E-state index is 15.6. The van der Waals surface area contributed by atoms with E-state index in [1.807, 2.05) is 26.1 Å². The van der Waals surface area contributed by atoms with Gasteiger partial charge in [0, 0.05) is 48.0 Å². The lowest BCUT2D eigenvalue weighted by atomic mass is 10.00. The van der Waals surface area contributed by atoms with Gasteiger partial charge in [-0.25, -0.2) is 13.8 Å². The zero-order valence-corrected chi connectivity index (χ0v) is 25.7. The molecule has 1 aliphatic rings. The van der Waals surface area contributed by atoms with Crippen LogP contribution in [0.5, 0.6) is 0 Å². The maximum atomic E-state index is 15.6. The zero-order chi connectivity index (χ0) is 32.8. The number of nitrogens with one attached hydrogen (secondary N) is 3. The van der Waals surface area contributed by atoms with E-state index in [9.17, 15) is 19.2 Å². The fourth-order valence-corrected chi connectivity index (χ4v) is 5.48. The van der Waals surface area contributed by atoms with Crippen molar-refractivity contribution < 1.29 is 13.6 Å². The minimum Gasteiger partial charge on any atom is -0.388 e. The smallest absolute Gasteiger partial charge is 0.261 e. The first-order chi connectivity index (χ1) is 22.2. The van der Waals surface area contributed by atoms with E-state index in [0.29, 0.717) is 30.1 Å². The van der Waals surface area contributed by atoms with Crippen molar-refractivity contribution in [1.29, 1.82) is 5.26 Å². The number of nitrogen functional groups attached to an aromatic ring is 1. The lowest BCUT2D eigenvalue weighted by molar-refractivity contribution is 0.102. The van der Waals surface area contributed by atoms with E-state index in [2.05, 4.69) is 20.9 Å². The molecule has 0 saturated carbocycles. The van der Waals surface area contributed by atoms with Crippen molar-refractivity contribution in [2.75, 3.05) is 24.1 Å². The Hall–Kier alpha value is -5.34. The van der Waals surface area contributed by atoms with Gasteiger partial charge in [-0.3, -0.25) is 9.59 Å². The number of nitriles is 1. The number of allylic oxidation sites excluding steroid dienone is 1. The Bertz CT molecular complexity index is 1890. The first-order valence-electron chi connectivity index (χ1n) is 15.1. The number of pyridine rings is 2. The highest BCUT2D eigenvalue weighted by atomic mass is 19.1. The molecule has 0 bridgehead atoms. The third kappa shape index (κ3) is 6.98. The number of carbonyl (C=O) groups is 1. The molecular weight excluding hydrogens is 588 g/mol. The van der Waals surface area contributed by atoms with Crippen molar-refractivity contribution in [3.63, 3.8) is 0 Å². The van der Waals surface area contributed by atoms with Crippen LogP contribution in [0.1, 0.15) is 54.7 Å². The summed E-state index contributed by atoms with van der Waals surface area (Å²) in [6.45, 7) is 6.13. The fourth-order valence-electron chi connectivity index (χ4n) is 5.48. The van der Waals surface area contributed by atoms with Crippen LogP contribution in [0.2, 0.25) is 0 Å². The Balaban J connectivity index is 1.42. The molecule has 1 fully saturated rings. The molecule has 1 aliphatic heterocycles. The molecule has 236 valence electrons. The summed E-state index contributed by atoms with van der Waals surface area (Å²) in [5.74, 6) is -1.77. The second-order valence-electron chi connectivity index (χ2n) is 11.2. The van der Waals surface area contributed by atoms with Crippen LogP contribution in [0.15, 0.2) is 71.9 Å². The minimum atomic E-state index is -0.778. The SMILES string of the molecule is CCCn1cc(C(=O)Nc2ccc(-c3cc(/C(C)=C/NC4CCNCC4)cnc3N)c(F)c2)c(=O)c(-c2ccc(F)cc2)c1C#N. The molecule has 9 nitrogen and oxygen atoms in total. The van der Waals surface area contributed by atoms with Crippen LogP contribution in [0.3, 0.4) is 0 Å². The molecule has 4 aromatic rings. The molecule has 1 saturated heterocycles. The average molecular weight is 624 g/mol. The van der Waals surface area contributed by atoms with Crippen molar-refractivity contribution in [2.45, 2.75) is 45.7 Å². The molecule has 5 rings (SSSR count). The highest BCUT2D eigenvalue weighted by Crippen LogP contribution is 2.31. The molecular formula is C35H35F2N7O2. The van der Waals surface area contributed by atoms with Gasteiger partial charge in [0.2, 0.25) is 5.43 Å². The Labute approximate surface area is 265 Å². The number of carbonyl (C=O) groups excluding carboxylic acids is 1. The van der Waals surface area contributed by atoms with Crippen molar-refractivity contribution in [3.8, 4) is 28.3 Å². The van der Waals surface area contributed by atoms with Gasteiger partial charge in [0.05, 0.1) is 5.56 Å². The first-order valence-corrected chi connectivity index (χ1v) is 15.1. The largest absolute Gasteiger partial charge is 0.388 e. The molecule has 0 aliphatic carbocycles. The summed E-state index contributed by atoms with van der Waals surface area (Å²) < 4.78 is 30.7. The molecule has 46 heavy (non-hydrogen) atoms. The predicted octanol–water partition coefficient (Wildman–Crippen LogP) is 5.67. The van der Waals surface area contributed by atoms with E-state index in [1.165, 1.54) is 47.2 Å². The van der Waals surface area contributed by atoms with Crippen LogP contribution in [-0.4, -0.2) is 34.6 Å². The molecule has 0 radical (unpaired) electrons. The Morgan fingerprint density at radius 1 is 1.15 bits per heavy atom. The number of nitrogens with zero attached hydrogens (tertiary/aromatic N) is 3. The molecule has 0 atom stereocenters. The Kier molecular flexibility index (Phi) is 9.88. The van der Waals surface area contributed by atoms with Crippen LogP contribution in [0, 0.1) is 23.0 Å². The second-order valence-corrected chi connectivity index (χ2v) is 11.2. The lowest BCUT2D eigenvalue weighted by Gasteiger charge is -2.23. The molecule has 5 N–H and O–H groups in total. The van der Waals surface area contributed by atoms with Gasteiger partial charge >= 0.3 is 0 Å². The van der Waals surface area contributed by atoms with E-state index >= 15 is 4.39 Å². The van der Waals surface area contributed by atoms with Crippen LogP contribution in [0.25, 0.3) is 27.8 Å². The highest BCUT2D eigenvalue weighted by Gasteiger charge is 2.22. The number of aryl methyl sites for hydroxylation is 1. The lowest BCUT2D eigenvalue weighted by Crippen LogP contribution is -2.37. The summed E-state index contributed by atoms with van der Waals surface area (Å²) in [5, 5.41) is 19.3. The molecule has 2 aromatic heterocycles. The Morgan fingerprint density at radius 3 is 2.57 bits per heavy atom. The van der Waals surface area contributed by atoms with E-state index in [4.69, 9.17) is 5.73 Å². The number of rotatable bonds is 9. The molecule has 0 spiro atoms. The van der Waals surface area contributed by atoms with Gasteiger partial charge in [-0.15, -0.1) is 0 Å². The van der Waals surface area contributed by atoms with Crippen molar-refractivity contribution in [3.05, 3.63) is 106 Å². The van der Waals surface area contributed by atoms with Gasteiger partial charge in [0.15, 0.2) is 0 Å². The standard InChI is InChI=1S/C35H35F2N7O2/c1-3-14-44-20-29(33(45)32(31(44)17-38)22-4-6-24(36)7-5-22)35(46)43-26-8-9-27(30(37)16-26)28-15-23(19-42-34(28)39)21(2)18-41-25-10-12-40-13-11-25/h4-9,15-16,18-20,25,40-41H,3,10-14H2,1-2H3,(H2,39,42)(H,43,46)/b21-18+. The van der Waals surface area contributed by atoms with E-state index in [0.717, 1.165) is 43.1 Å². The predicted molar refractivity (Wildman–Crippen MR) is 176 cm³/mol. The summed E-state index contributed by atoms with van der Waals surface area (Å²) in [6.07, 6.45) is 7.59. The third-order valence-electron chi connectivity index (χ3n) is 7.99. The van der Waals surface area contributed by atoms with Crippen molar-refractivity contribution in [2.24, 2.45) is 0 Å². The molecule has 1 amide bonds. The van der Waals surface area contributed by atoms with Gasteiger partial charge < -0.3 is 26.3 Å². The van der Waals surface area contributed by atoms with Crippen LogP contribution < -0.4 is 27.1 Å². The van der Waals surface area contributed by atoms with Gasteiger partial charge in [-0.2, -0.15) is 5.26 Å². The number of hydrogen-bond acceptors (Lipinski definition) is 7. The zero-order valence-electron chi connectivity index (χ0n) is 25.7. The Morgan fingerprint density at radius 2 is 1.89 bits per heavy atom. The van der Waals surface area contributed by atoms with Crippen molar-refractivity contribution >= 4 is 23.0 Å². The second kappa shape index (κ2) is 14.2. The van der Waals surface area contributed by atoms with Crippen LogP contribution in [-0.2, 0) is 6.54 Å². The number of anilines is 2. The minimum absolute atomic E-state index is 0.0109. The maximum Gasteiger partial charge on any atom is 0.261 e. The number of halogens is 2. The van der Waals surface area contributed by atoms with Gasteiger partial charge in [0.25, 0.3) is 5.91 Å². The first kappa shape index (κ1) is 32.1. The van der Waals surface area contributed by atoms with E-state index in [-0.39, 0.29) is 33.9 Å². The summed E-state index contributed by atoms with van der Waals surface area (Å²) in [4.78, 5) is 31.3. The highest BCUT2D eigenvalue weighted by molar-refractivity contribution is 6.05. The fraction of sp³-hybridized carbons (Fsp3) is 0.257. The molecule has 0 unspecified atom stereocenters. The van der Waals surface area contributed by atoms with Crippen LogP contribution >= 0.6 is 0 Å². The van der Waals surface area contributed by atoms with E-state index < -0.39 is 23.0 Å². The summed E-state index contributed by atoms with van der Waals surface area (Å²) >= 11 is 0. The average Bonchev–Trinajstić information content (AvgIpc) is 3.05. The number of piperidine rings is 1. The molecule has 2 aromatic carbocycles. The summed E-state index contributed by atoms with van der Waals surface area (Å²) in [5.41, 5.74) is 8.00. The number of hydrogen-bond donors (Lipinski definition) is 4. The van der Waals surface area contributed by atoms with E-state index in [1.54, 1.807) is 12.3 Å². The number of aromatic nitrogens is 2. The number of amides is 1. The quantitative estimate of drug-likeness (QED) is 0.188. The molecule has 11 heteroatoms. The summed E-state index contributed by atoms with van der Waals surface area (Å²) in [7, 11) is 0. The topological polar surface area (TPSA) is 138 Å². The number of nitrogens with two attached hydrogens (primary N) is 1. The number of benzene rings is 2. The summed E-state index contributed by atoms with van der Waals surface area (Å²) in [6, 6.07) is 13.5.